The first kappa shape index (κ1) is 23.5. The average Bonchev–Trinajstić information content (AvgIpc) is 3.17. The molecular weight excluding hydrogens is 410 g/mol. The number of likely N-dealkylation sites (tertiary alicyclic amines) is 2. The fourth-order valence-electron chi connectivity index (χ4n) is 5.09. The van der Waals surface area contributed by atoms with E-state index in [1.807, 2.05) is 29.2 Å². The Labute approximate surface area is 198 Å². The number of carbonyl (C=O) groups excluding carboxylic acids is 2. The molecule has 0 aliphatic carbocycles. The maximum absolute atomic E-state index is 13.0. The molecule has 4 rings (SSSR count). The molecule has 5 nitrogen and oxygen atoms in total. The van der Waals surface area contributed by atoms with E-state index < -0.39 is 0 Å². The van der Waals surface area contributed by atoms with E-state index in [-0.39, 0.29) is 17.9 Å². The van der Waals surface area contributed by atoms with Crippen molar-refractivity contribution in [3.63, 3.8) is 0 Å². The number of piperidine rings is 1. The summed E-state index contributed by atoms with van der Waals surface area (Å²) in [4.78, 5) is 29.9. The Hall–Kier alpha value is -2.66. The fourth-order valence-corrected chi connectivity index (χ4v) is 5.09. The van der Waals surface area contributed by atoms with Gasteiger partial charge in [0.1, 0.15) is 0 Å². The molecule has 1 atom stereocenters. The minimum Gasteiger partial charge on any atom is -0.342 e. The average molecular weight is 448 g/mol. The Kier molecular flexibility index (Phi) is 8.53. The zero-order valence-corrected chi connectivity index (χ0v) is 19.6. The molecule has 2 aromatic rings. The molecule has 5 heteroatoms. The van der Waals surface area contributed by atoms with Crippen molar-refractivity contribution in [1.29, 1.82) is 0 Å². The quantitative estimate of drug-likeness (QED) is 0.692. The van der Waals surface area contributed by atoms with Crippen molar-refractivity contribution in [1.82, 2.24) is 15.1 Å². The summed E-state index contributed by atoms with van der Waals surface area (Å²) in [6, 6.07) is 20.8. The summed E-state index contributed by atoms with van der Waals surface area (Å²) in [5.41, 5.74) is 2.44. The summed E-state index contributed by atoms with van der Waals surface area (Å²) in [7, 11) is 0. The normalized spacial score (nSPS) is 18.5. The van der Waals surface area contributed by atoms with Crippen LogP contribution < -0.4 is 5.32 Å². The lowest BCUT2D eigenvalue weighted by atomic mass is 9.95. The molecule has 2 heterocycles. The van der Waals surface area contributed by atoms with Gasteiger partial charge < -0.3 is 15.1 Å². The van der Waals surface area contributed by atoms with Crippen LogP contribution in [0, 0.1) is 5.92 Å². The maximum atomic E-state index is 13.0. The largest absolute Gasteiger partial charge is 0.342 e. The van der Waals surface area contributed by atoms with Crippen molar-refractivity contribution >= 4 is 11.8 Å². The number of rotatable bonds is 7. The van der Waals surface area contributed by atoms with E-state index in [0.29, 0.717) is 25.5 Å². The third-order valence-electron chi connectivity index (χ3n) is 7.10. The summed E-state index contributed by atoms with van der Waals surface area (Å²) in [5, 5.41) is 3.51. The monoisotopic (exact) mass is 447 g/mol. The molecule has 176 valence electrons. The summed E-state index contributed by atoms with van der Waals surface area (Å²) < 4.78 is 0. The predicted octanol–water partition coefficient (Wildman–Crippen LogP) is 4.20. The molecule has 0 spiro atoms. The van der Waals surface area contributed by atoms with Crippen LogP contribution in [0.3, 0.4) is 0 Å². The molecule has 2 aromatic carbocycles. The van der Waals surface area contributed by atoms with Gasteiger partial charge in [0.15, 0.2) is 0 Å². The molecule has 0 aromatic heterocycles. The van der Waals surface area contributed by atoms with Gasteiger partial charge >= 0.3 is 0 Å². The number of hydrogen-bond donors (Lipinski definition) is 1. The Bertz CT molecular complexity index is 871. The fraction of sp³-hybridized carbons (Fsp3) is 0.500. The first-order chi connectivity index (χ1) is 16.2. The second-order valence-electron chi connectivity index (χ2n) is 9.43. The van der Waals surface area contributed by atoms with E-state index in [0.717, 1.165) is 45.2 Å². The van der Waals surface area contributed by atoms with E-state index >= 15 is 0 Å². The van der Waals surface area contributed by atoms with Crippen molar-refractivity contribution in [2.45, 2.75) is 51.0 Å². The van der Waals surface area contributed by atoms with Crippen molar-refractivity contribution in [2.24, 2.45) is 5.92 Å². The number of amides is 2. The smallest absolute Gasteiger partial charge is 0.236 e. The highest BCUT2D eigenvalue weighted by atomic mass is 16.2. The minimum absolute atomic E-state index is 0.0789. The molecule has 33 heavy (non-hydrogen) atoms. The number of benzene rings is 2. The van der Waals surface area contributed by atoms with Gasteiger partial charge in [0.2, 0.25) is 11.8 Å². The number of nitrogens with one attached hydrogen (secondary N) is 1. The Balaban J connectivity index is 1.29. The van der Waals surface area contributed by atoms with Crippen LogP contribution in [0.2, 0.25) is 0 Å². The summed E-state index contributed by atoms with van der Waals surface area (Å²) in [6.07, 6.45) is 7.13. The lowest BCUT2D eigenvalue weighted by Crippen LogP contribution is -2.47. The van der Waals surface area contributed by atoms with Crippen LogP contribution in [0.1, 0.15) is 55.7 Å². The summed E-state index contributed by atoms with van der Waals surface area (Å²) >= 11 is 0. The lowest BCUT2D eigenvalue weighted by Gasteiger charge is -2.34. The minimum atomic E-state index is 0.0789. The van der Waals surface area contributed by atoms with Gasteiger partial charge in [-0.05, 0) is 43.2 Å². The van der Waals surface area contributed by atoms with Gasteiger partial charge in [0, 0.05) is 38.1 Å². The molecule has 2 aliphatic heterocycles. The first-order valence-corrected chi connectivity index (χ1v) is 12.6. The molecule has 1 N–H and O–H groups in total. The zero-order chi connectivity index (χ0) is 22.9. The molecule has 2 amide bonds. The van der Waals surface area contributed by atoms with Gasteiger partial charge in [0.25, 0.3) is 0 Å². The van der Waals surface area contributed by atoms with Crippen LogP contribution in [-0.4, -0.2) is 54.3 Å². The van der Waals surface area contributed by atoms with Crippen LogP contribution in [0.4, 0.5) is 0 Å². The van der Waals surface area contributed by atoms with Crippen molar-refractivity contribution in [3.8, 4) is 0 Å². The number of carbonyl (C=O) groups is 2. The van der Waals surface area contributed by atoms with Gasteiger partial charge in [-0.2, -0.15) is 0 Å². The standard InChI is InChI=1S/C28H37N3O2/c32-27(30-19-15-25(16-20-30)28(33)31-17-9-1-2-10-18-31)22-29-26(24-13-7-4-8-14-24)21-23-11-5-3-6-12-23/h3-8,11-14,25-26,29H,1-2,9-10,15-22H2. The van der Waals surface area contributed by atoms with Crippen molar-refractivity contribution in [3.05, 3.63) is 71.8 Å². The van der Waals surface area contributed by atoms with Crippen LogP contribution in [-0.2, 0) is 16.0 Å². The highest BCUT2D eigenvalue weighted by Gasteiger charge is 2.30. The van der Waals surface area contributed by atoms with Crippen LogP contribution >= 0.6 is 0 Å². The number of nitrogens with zero attached hydrogens (tertiary/aromatic N) is 2. The van der Waals surface area contributed by atoms with Gasteiger partial charge in [-0.1, -0.05) is 73.5 Å². The zero-order valence-electron chi connectivity index (χ0n) is 19.6. The van der Waals surface area contributed by atoms with E-state index in [2.05, 4.69) is 46.6 Å². The van der Waals surface area contributed by atoms with Crippen molar-refractivity contribution < 1.29 is 9.59 Å². The molecule has 2 fully saturated rings. The van der Waals surface area contributed by atoms with Gasteiger partial charge in [-0.25, -0.2) is 0 Å². The summed E-state index contributed by atoms with van der Waals surface area (Å²) in [6.45, 7) is 3.49. The van der Waals surface area contributed by atoms with Gasteiger partial charge in [0.05, 0.1) is 6.54 Å². The second-order valence-corrected chi connectivity index (χ2v) is 9.43. The topological polar surface area (TPSA) is 52.7 Å². The third-order valence-corrected chi connectivity index (χ3v) is 7.10. The lowest BCUT2D eigenvalue weighted by molar-refractivity contribution is -0.140. The van der Waals surface area contributed by atoms with E-state index in [4.69, 9.17) is 0 Å². The highest BCUT2D eigenvalue weighted by molar-refractivity contribution is 5.81. The number of hydrogen-bond acceptors (Lipinski definition) is 3. The van der Waals surface area contributed by atoms with E-state index in [9.17, 15) is 9.59 Å². The second kappa shape index (κ2) is 12.0. The van der Waals surface area contributed by atoms with Crippen LogP contribution in [0.25, 0.3) is 0 Å². The Morgan fingerprint density at radius 3 is 2.03 bits per heavy atom. The molecule has 0 radical (unpaired) electrons. The summed E-state index contributed by atoms with van der Waals surface area (Å²) in [5.74, 6) is 0.522. The molecule has 0 bridgehead atoms. The SMILES string of the molecule is O=C(CNC(Cc1ccccc1)c1ccccc1)N1CCC(C(=O)N2CCCCCC2)CC1. The third kappa shape index (κ3) is 6.67. The Morgan fingerprint density at radius 1 is 0.788 bits per heavy atom. The van der Waals surface area contributed by atoms with E-state index in [1.54, 1.807) is 0 Å². The van der Waals surface area contributed by atoms with E-state index in [1.165, 1.54) is 24.0 Å². The Morgan fingerprint density at radius 2 is 1.39 bits per heavy atom. The maximum Gasteiger partial charge on any atom is 0.236 e. The van der Waals surface area contributed by atoms with Gasteiger partial charge in [-0.3, -0.25) is 9.59 Å². The predicted molar refractivity (Wildman–Crippen MR) is 132 cm³/mol. The molecular formula is C28H37N3O2. The first-order valence-electron chi connectivity index (χ1n) is 12.6. The van der Waals surface area contributed by atoms with Crippen LogP contribution in [0.15, 0.2) is 60.7 Å². The molecule has 2 aliphatic rings. The molecule has 1 unspecified atom stereocenters. The highest BCUT2D eigenvalue weighted by Crippen LogP contribution is 2.22. The van der Waals surface area contributed by atoms with Crippen LogP contribution in [0.5, 0.6) is 0 Å². The van der Waals surface area contributed by atoms with Gasteiger partial charge in [-0.15, -0.1) is 0 Å². The molecule has 0 saturated carbocycles. The molecule has 2 saturated heterocycles. The van der Waals surface area contributed by atoms with Crippen molar-refractivity contribution in [2.75, 3.05) is 32.7 Å².